The molecule has 1 aromatic heterocycles. The maximum atomic E-state index is 3.64. The Kier molecular flexibility index (Phi) is 4.86. The van der Waals surface area contributed by atoms with Gasteiger partial charge in [0.05, 0.1) is 0 Å². The molecule has 1 aliphatic carbocycles. The van der Waals surface area contributed by atoms with E-state index in [1.807, 2.05) is 11.3 Å². The molecule has 1 aliphatic rings. The first kappa shape index (κ1) is 12.1. The van der Waals surface area contributed by atoms with E-state index >= 15 is 0 Å². The van der Waals surface area contributed by atoms with E-state index in [0.717, 1.165) is 12.5 Å². The lowest BCUT2D eigenvalue weighted by Gasteiger charge is -2.21. The van der Waals surface area contributed by atoms with Gasteiger partial charge in [-0.1, -0.05) is 26.2 Å². The SMILES string of the molecule is CCc1ccsc1CNCC1CCCCC1. The number of thiophene rings is 1. The highest BCUT2D eigenvalue weighted by atomic mass is 32.1. The predicted molar refractivity (Wildman–Crippen MR) is 72.0 cm³/mol. The monoisotopic (exact) mass is 237 g/mol. The van der Waals surface area contributed by atoms with Gasteiger partial charge in [-0.2, -0.15) is 0 Å². The zero-order valence-corrected chi connectivity index (χ0v) is 11.1. The molecule has 0 bridgehead atoms. The van der Waals surface area contributed by atoms with Crippen molar-refractivity contribution in [3.8, 4) is 0 Å². The van der Waals surface area contributed by atoms with Gasteiger partial charge in [0.15, 0.2) is 0 Å². The molecule has 0 amide bonds. The van der Waals surface area contributed by atoms with Gasteiger partial charge in [-0.05, 0) is 48.7 Å². The van der Waals surface area contributed by atoms with Crippen molar-refractivity contribution in [2.75, 3.05) is 6.54 Å². The van der Waals surface area contributed by atoms with Crippen molar-refractivity contribution in [3.63, 3.8) is 0 Å². The van der Waals surface area contributed by atoms with Gasteiger partial charge >= 0.3 is 0 Å². The maximum absolute atomic E-state index is 3.64. The molecule has 16 heavy (non-hydrogen) atoms. The average Bonchev–Trinajstić information content (AvgIpc) is 2.78. The molecular formula is C14H23NS. The van der Waals surface area contributed by atoms with Crippen molar-refractivity contribution in [1.82, 2.24) is 5.32 Å². The third-order valence-corrected chi connectivity index (χ3v) is 4.63. The lowest BCUT2D eigenvalue weighted by Crippen LogP contribution is -2.24. The molecule has 0 radical (unpaired) electrons. The van der Waals surface area contributed by atoms with E-state index in [-0.39, 0.29) is 0 Å². The maximum Gasteiger partial charge on any atom is 0.0302 e. The molecule has 1 saturated carbocycles. The minimum absolute atomic E-state index is 0.943. The summed E-state index contributed by atoms with van der Waals surface area (Å²) in [7, 11) is 0. The van der Waals surface area contributed by atoms with Crippen LogP contribution in [0.4, 0.5) is 0 Å². The van der Waals surface area contributed by atoms with Crippen molar-refractivity contribution in [2.24, 2.45) is 5.92 Å². The van der Waals surface area contributed by atoms with Crippen LogP contribution >= 0.6 is 11.3 Å². The predicted octanol–water partition coefficient (Wildman–Crippen LogP) is 3.98. The van der Waals surface area contributed by atoms with E-state index in [1.165, 1.54) is 50.6 Å². The van der Waals surface area contributed by atoms with Gasteiger partial charge in [-0.25, -0.2) is 0 Å². The van der Waals surface area contributed by atoms with Gasteiger partial charge in [0.25, 0.3) is 0 Å². The number of aryl methyl sites for hydroxylation is 1. The Labute approximate surface area is 103 Å². The first-order valence-electron chi connectivity index (χ1n) is 6.66. The molecule has 90 valence electrons. The van der Waals surface area contributed by atoms with Crippen LogP contribution in [0.3, 0.4) is 0 Å². The number of nitrogens with one attached hydrogen (secondary N) is 1. The Balaban J connectivity index is 1.71. The number of hydrogen-bond acceptors (Lipinski definition) is 2. The van der Waals surface area contributed by atoms with Crippen LogP contribution < -0.4 is 5.32 Å². The zero-order chi connectivity index (χ0) is 11.2. The van der Waals surface area contributed by atoms with E-state index in [9.17, 15) is 0 Å². The third-order valence-electron chi connectivity index (χ3n) is 3.66. The highest BCUT2D eigenvalue weighted by Crippen LogP contribution is 2.23. The van der Waals surface area contributed by atoms with Crippen LogP contribution in [-0.4, -0.2) is 6.54 Å². The Morgan fingerprint density at radius 2 is 2.12 bits per heavy atom. The molecule has 0 spiro atoms. The van der Waals surface area contributed by atoms with E-state index in [4.69, 9.17) is 0 Å². The highest BCUT2D eigenvalue weighted by molar-refractivity contribution is 7.10. The Bertz CT molecular complexity index is 299. The normalized spacial score (nSPS) is 17.8. The second-order valence-electron chi connectivity index (χ2n) is 4.86. The molecule has 1 nitrogen and oxygen atoms in total. The summed E-state index contributed by atoms with van der Waals surface area (Å²) in [5.74, 6) is 0.943. The lowest BCUT2D eigenvalue weighted by molar-refractivity contribution is 0.342. The first-order valence-corrected chi connectivity index (χ1v) is 7.54. The van der Waals surface area contributed by atoms with Gasteiger partial charge in [0.1, 0.15) is 0 Å². The van der Waals surface area contributed by atoms with E-state index < -0.39 is 0 Å². The fourth-order valence-electron chi connectivity index (χ4n) is 2.62. The van der Waals surface area contributed by atoms with Crippen LogP contribution in [0.2, 0.25) is 0 Å². The van der Waals surface area contributed by atoms with Gasteiger partial charge in [-0.15, -0.1) is 11.3 Å². The van der Waals surface area contributed by atoms with Crippen molar-refractivity contribution in [3.05, 3.63) is 21.9 Å². The summed E-state index contributed by atoms with van der Waals surface area (Å²) in [5.41, 5.74) is 1.53. The van der Waals surface area contributed by atoms with Crippen LogP contribution in [0.25, 0.3) is 0 Å². The zero-order valence-electron chi connectivity index (χ0n) is 10.3. The summed E-state index contributed by atoms with van der Waals surface area (Å²) < 4.78 is 0. The highest BCUT2D eigenvalue weighted by Gasteiger charge is 2.12. The first-order chi connectivity index (χ1) is 7.90. The van der Waals surface area contributed by atoms with E-state index in [1.54, 1.807) is 4.88 Å². The molecule has 0 aliphatic heterocycles. The molecule has 1 aromatic rings. The molecule has 0 aromatic carbocycles. The Morgan fingerprint density at radius 3 is 2.88 bits per heavy atom. The van der Waals surface area contributed by atoms with Crippen LogP contribution in [0, 0.1) is 5.92 Å². The van der Waals surface area contributed by atoms with E-state index in [2.05, 4.69) is 23.7 Å². The molecule has 1 fully saturated rings. The van der Waals surface area contributed by atoms with Gasteiger partial charge in [0.2, 0.25) is 0 Å². The summed E-state index contributed by atoms with van der Waals surface area (Å²) in [6.45, 7) is 4.55. The van der Waals surface area contributed by atoms with Crippen molar-refractivity contribution in [2.45, 2.75) is 52.0 Å². The lowest BCUT2D eigenvalue weighted by atomic mass is 9.89. The summed E-state index contributed by atoms with van der Waals surface area (Å²) in [4.78, 5) is 1.54. The van der Waals surface area contributed by atoms with Gasteiger partial charge in [0, 0.05) is 11.4 Å². The molecular weight excluding hydrogens is 214 g/mol. The Morgan fingerprint density at radius 1 is 1.31 bits per heavy atom. The summed E-state index contributed by atoms with van der Waals surface area (Å²) in [6.07, 6.45) is 8.42. The molecule has 0 atom stereocenters. The third kappa shape index (κ3) is 3.33. The van der Waals surface area contributed by atoms with Crippen LogP contribution in [0.1, 0.15) is 49.5 Å². The molecule has 2 rings (SSSR count). The minimum atomic E-state index is 0.943. The Hall–Kier alpha value is -0.340. The second kappa shape index (κ2) is 6.41. The minimum Gasteiger partial charge on any atom is -0.312 e. The second-order valence-corrected chi connectivity index (χ2v) is 5.86. The van der Waals surface area contributed by atoms with Crippen LogP contribution in [0.15, 0.2) is 11.4 Å². The smallest absolute Gasteiger partial charge is 0.0302 e. The standard InChI is InChI=1S/C14H23NS/c1-2-13-8-9-16-14(13)11-15-10-12-6-4-3-5-7-12/h8-9,12,15H,2-7,10-11H2,1H3. The van der Waals surface area contributed by atoms with Crippen LogP contribution in [-0.2, 0) is 13.0 Å². The van der Waals surface area contributed by atoms with Crippen molar-refractivity contribution < 1.29 is 0 Å². The molecule has 0 saturated heterocycles. The summed E-state index contributed by atoms with van der Waals surface area (Å²) >= 11 is 1.90. The van der Waals surface area contributed by atoms with Gasteiger partial charge < -0.3 is 5.32 Å². The molecule has 1 N–H and O–H groups in total. The fraction of sp³-hybridized carbons (Fsp3) is 0.714. The van der Waals surface area contributed by atoms with E-state index in [0.29, 0.717) is 0 Å². The van der Waals surface area contributed by atoms with Crippen molar-refractivity contribution in [1.29, 1.82) is 0 Å². The number of rotatable bonds is 5. The van der Waals surface area contributed by atoms with Crippen molar-refractivity contribution >= 4 is 11.3 Å². The largest absolute Gasteiger partial charge is 0.312 e. The molecule has 1 heterocycles. The topological polar surface area (TPSA) is 12.0 Å². The summed E-state index contributed by atoms with van der Waals surface area (Å²) in [6, 6.07) is 2.27. The molecule has 2 heteroatoms. The van der Waals surface area contributed by atoms with Gasteiger partial charge in [-0.3, -0.25) is 0 Å². The number of hydrogen-bond donors (Lipinski definition) is 1. The summed E-state index contributed by atoms with van der Waals surface area (Å²) in [5, 5.41) is 5.86. The average molecular weight is 237 g/mol. The quantitative estimate of drug-likeness (QED) is 0.817. The van der Waals surface area contributed by atoms with Crippen LogP contribution in [0.5, 0.6) is 0 Å². The fourth-order valence-corrected chi connectivity index (χ4v) is 3.56. The molecule has 0 unspecified atom stereocenters.